The maximum absolute atomic E-state index is 8.85. The molecule has 2 aliphatic rings. The van der Waals surface area contributed by atoms with E-state index in [1.807, 2.05) is 44.5 Å². The summed E-state index contributed by atoms with van der Waals surface area (Å²) in [6, 6.07) is 6.16. The lowest BCUT2D eigenvalue weighted by atomic mass is 10.1. The number of aromatic nitrogens is 6. The van der Waals surface area contributed by atoms with Gasteiger partial charge in [0.25, 0.3) is 0 Å². The molecule has 1 unspecified atom stereocenters. The highest BCUT2D eigenvalue weighted by Gasteiger charge is 2.15. The van der Waals surface area contributed by atoms with Gasteiger partial charge in [0.1, 0.15) is 0 Å². The second-order valence-corrected chi connectivity index (χ2v) is 8.81. The molecule has 1 saturated heterocycles. The van der Waals surface area contributed by atoms with Crippen LogP contribution in [0.25, 0.3) is 34.2 Å². The Morgan fingerprint density at radius 1 is 1.09 bits per heavy atom. The predicted octanol–water partition coefficient (Wildman–Crippen LogP) is 3.06. The molecule has 1 fully saturated rings. The fourth-order valence-corrected chi connectivity index (χ4v) is 4.24. The minimum absolute atomic E-state index is 0.0752. The van der Waals surface area contributed by atoms with Gasteiger partial charge in [-0.05, 0) is 56.2 Å². The minimum atomic E-state index is -0.0752. The zero-order chi connectivity index (χ0) is 24.2. The number of nitrogens with zero attached hydrogens (tertiary/aromatic N) is 4. The number of aliphatic hydroxyl groups is 1. The van der Waals surface area contributed by atoms with Gasteiger partial charge in [-0.25, -0.2) is 4.68 Å². The molecule has 2 aliphatic heterocycles. The molecule has 0 saturated carbocycles. The summed E-state index contributed by atoms with van der Waals surface area (Å²) in [7, 11) is 1.88. The summed E-state index contributed by atoms with van der Waals surface area (Å²) in [5.74, 6) is 1.33. The van der Waals surface area contributed by atoms with E-state index in [9.17, 15) is 0 Å². The van der Waals surface area contributed by atoms with E-state index in [1.165, 1.54) is 0 Å². The third-order valence-electron chi connectivity index (χ3n) is 6.19. The van der Waals surface area contributed by atoms with Crippen molar-refractivity contribution in [1.82, 2.24) is 35.5 Å². The summed E-state index contributed by atoms with van der Waals surface area (Å²) < 4.78 is 13.6. The van der Waals surface area contributed by atoms with Crippen LogP contribution in [0.2, 0.25) is 0 Å². The first kappa shape index (κ1) is 23.1. The normalized spacial score (nSPS) is 18.8. The lowest BCUT2D eigenvalue weighted by Crippen LogP contribution is -2.33. The molecule has 184 valence electrons. The second-order valence-electron chi connectivity index (χ2n) is 8.81. The maximum Gasteiger partial charge on any atom is 0.240 e. The Bertz CT molecular complexity index is 1310. The molecule has 2 bridgehead atoms. The van der Waals surface area contributed by atoms with Gasteiger partial charge in [0.2, 0.25) is 11.8 Å². The van der Waals surface area contributed by atoms with Crippen LogP contribution in [0.1, 0.15) is 36.2 Å². The largest absolute Gasteiger partial charge is 0.477 e. The van der Waals surface area contributed by atoms with Crippen molar-refractivity contribution in [1.29, 1.82) is 0 Å². The summed E-state index contributed by atoms with van der Waals surface area (Å²) in [4.78, 5) is 0. The van der Waals surface area contributed by atoms with Crippen LogP contribution in [0.5, 0.6) is 11.8 Å². The molecule has 35 heavy (non-hydrogen) atoms. The number of ether oxygens (including phenoxy) is 2. The number of aliphatic hydroxyl groups excluding tert-OH is 1. The van der Waals surface area contributed by atoms with Crippen molar-refractivity contribution in [2.24, 2.45) is 7.05 Å². The van der Waals surface area contributed by atoms with Gasteiger partial charge < -0.3 is 19.9 Å². The number of β-amino-alcohol motifs (C(OH)–C–C–N with tert-alkyl or cyclic N) is 1. The molecule has 5 heterocycles. The second kappa shape index (κ2) is 10.3. The van der Waals surface area contributed by atoms with Crippen molar-refractivity contribution < 1.29 is 14.6 Å². The Balaban J connectivity index is 0.000000313. The third-order valence-corrected chi connectivity index (χ3v) is 6.19. The Labute approximate surface area is 203 Å². The molecule has 0 radical (unpaired) electrons. The SMILES string of the molecule is Cc1[nH]nc2c1/C=C/c1[nH]nc3ccc(cc13)-c1cnn(C)c1OCCCO2.OC1CCCNC1. The zero-order valence-corrected chi connectivity index (χ0v) is 20.0. The fourth-order valence-electron chi connectivity index (χ4n) is 4.24. The van der Waals surface area contributed by atoms with Gasteiger partial charge in [-0.3, -0.25) is 10.2 Å². The van der Waals surface area contributed by atoms with Gasteiger partial charge in [0, 0.05) is 31.1 Å². The van der Waals surface area contributed by atoms with Crippen molar-refractivity contribution in [3.8, 4) is 22.9 Å². The molecule has 4 aromatic rings. The summed E-state index contributed by atoms with van der Waals surface area (Å²) in [5, 5.41) is 32.1. The fraction of sp³-hybridized carbons (Fsp3) is 0.400. The Morgan fingerprint density at radius 2 is 1.97 bits per heavy atom. The first-order valence-electron chi connectivity index (χ1n) is 12.0. The molecule has 3 aromatic heterocycles. The van der Waals surface area contributed by atoms with Crippen LogP contribution in [0.3, 0.4) is 0 Å². The standard InChI is InChI=1S/C20H20N6O2.C5H11NO/c1-12-14-5-7-18-15-10-13(4-6-17(15)23-24-18)16-11-21-26(2)20(16)28-9-3-8-27-19(14)25-22-12;7-5-2-1-3-6-4-5/h4-7,10-11H,3,8-9H2,1-2H3,(H,22,25)(H,23,24);5-7H,1-4H2/b7-5+;. The van der Waals surface area contributed by atoms with Gasteiger partial charge in [0.15, 0.2) is 0 Å². The Morgan fingerprint density at radius 3 is 2.77 bits per heavy atom. The summed E-state index contributed by atoms with van der Waals surface area (Å²) in [6.07, 6.45) is 8.60. The smallest absolute Gasteiger partial charge is 0.240 e. The van der Waals surface area contributed by atoms with Crippen LogP contribution in [0, 0.1) is 6.92 Å². The molecule has 0 spiro atoms. The van der Waals surface area contributed by atoms with Gasteiger partial charge >= 0.3 is 0 Å². The molecule has 0 amide bonds. The van der Waals surface area contributed by atoms with Crippen LogP contribution >= 0.6 is 0 Å². The third kappa shape index (κ3) is 5.08. The summed E-state index contributed by atoms with van der Waals surface area (Å²) in [6.45, 7) is 4.89. The number of H-pyrrole nitrogens is 2. The number of piperidine rings is 1. The van der Waals surface area contributed by atoms with Crippen molar-refractivity contribution in [3.05, 3.63) is 41.3 Å². The first-order chi connectivity index (χ1) is 17.1. The minimum Gasteiger partial charge on any atom is -0.477 e. The van der Waals surface area contributed by atoms with E-state index in [0.29, 0.717) is 19.1 Å². The molecule has 10 nitrogen and oxygen atoms in total. The molecule has 6 rings (SSSR count). The lowest BCUT2D eigenvalue weighted by Gasteiger charge is -2.16. The number of aromatic amines is 2. The zero-order valence-electron chi connectivity index (χ0n) is 20.0. The molecular formula is C25H31N7O3. The predicted molar refractivity (Wildman–Crippen MR) is 134 cm³/mol. The first-order valence-corrected chi connectivity index (χ1v) is 12.0. The monoisotopic (exact) mass is 477 g/mol. The van der Waals surface area contributed by atoms with E-state index in [1.54, 1.807) is 4.68 Å². The van der Waals surface area contributed by atoms with Gasteiger partial charge in [-0.2, -0.15) is 10.2 Å². The van der Waals surface area contributed by atoms with Gasteiger partial charge in [-0.15, -0.1) is 5.10 Å². The number of fused-ring (bicyclic) bond motifs is 4. The van der Waals surface area contributed by atoms with Crippen molar-refractivity contribution in [2.75, 3.05) is 26.3 Å². The average Bonchev–Trinajstić information content (AvgIpc) is 3.55. The number of aryl methyl sites for hydroxylation is 2. The van der Waals surface area contributed by atoms with Crippen LogP contribution < -0.4 is 14.8 Å². The number of benzene rings is 1. The van der Waals surface area contributed by atoms with Gasteiger partial charge in [-0.1, -0.05) is 6.07 Å². The highest BCUT2D eigenvalue weighted by Crippen LogP contribution is 2.33. The van der Waals surface area contributed by atoms with Crippen molar-refractivity contribution in [3.63, 3.8) is 0 Å². The highest BCUT2D eigenvalue weighted by molar-refractivity contribution is 5.93. The van der Waals surface area contributed by atoms with Crippen LogP contribution in [-0.2, 0) is 7.05 Å². The van der Waals surface area contributed by atoms with E-state index in [4.69, 9.17) is 14.6 Å². The molecular weight excluding hydrogens is 446 g/mol. The average molecular weight is 478 g/mol. The number of hydrogen-bond acceptors (Lipinski definition) is 7. The lowest BCUT2D eigenvalue weighted by molar-refractivity contribution is 0.142. The highest BCUT2D eigenvalue weighted by atomic mass is 16.5. The maximum atomic E-state index is 8.85. The Kier molecular flexibility index (Phi) is 6.82. The van der Waals surface area contributed by atoms with Crippen LogP contribution in [-0.4, -0.2) is 67.7 Å². The van der Waals surface area contributed by atoms with E-state index < -0.39 is 0 Å². The topological polar surface area (TPSA) is 126 Å². The summed E-state index contributed by atoms with van der Waals surface area (Å²) in [5.41, 5.74) is 5.71. The van der Waals surface area contributed by atoms with E-state index in [-0.39, 0.29) is 6.10 Å². The van der Waals surface area contributed by atoms with Gasteiger partial charge in [0.05, 0.1) is 47.9 Å². The number of rotatable bonds is 0. The summed E-state index contributed by atoms with van der Waals surface area (Å²) >= 11 is 0. The molecule has 4 N–H and O–H groups in total. The van der Waals surface area contributed by atoms with E-state index in [2.05, 4.69) is 36.9 Å². The van der Waals surface area contributed by atoms with Crippen molar-refractivity contribution in [2.45, 2.75) is 32.3 Å². The van der Waals surface area contributed by atoms with E-state index in [0.717, 1.165) is 77.2 Å². The Hall–Kier alpha value is -3.63. The molecule has 1 aromatic carbocycles. The number of nitrogens with one attached hydrogen (secondary N) is 3. The molecule has 0 aliphatic carbocycles. The molecule has 10 heteroatoms. The van der Waals surface area contributed by atoms with Crippen molar-refractivity contribution >= 4 is 23.1 Å². The van der Waals surface area contributed by atoms with Crippen LogP contribution in [0.4, 0.5) is 0 Å². The van der Waals surface area contributed by atoms with E-state index >= 15 is 0 Å². The van der Waals surface area contributed by atoms with Crippen LogP contribution in [0.15, 0.2) is 24.4 Å². The molecule has 1 atom stereocenters. The quantitative estimate of drug-likeness (QED) is 0.307. The number of hydrogen-bond donors (Lipinski definition) is 4.